The number of carboxylic acids is 1. The van der Waals surface area contributed by atoms with Gasteiger partial charge in [-0.25, -0.2) is 9.55 Å². The third-order valence-electron chi connectivity index (χ3n) is 7.67. The van der Waals surface area contributed by atoms with E-state index in [1.807, 2.05) is 13.8 Å². The number of nitrogens with one attached hydrogen (secondary N) is 5. The van der Waals surface area contributed by atoms with Crippen LogP contribution >= 0.6 is 7.82 Å². The molecule has 2 heterocycles. The van der Waals surface area contributed by atoms with E-state index in [2.05, 4.69) is 35.8 Å². The number of hydrogen-bond donors (Lipinski definition) is 9. The fourth-order valence-corrected chi connectivity index (χ4v) is 6.10. The Balaban J connectivity index is 2.20. The van der Waals surface area contributed by atoms with E-state index in [1.54, 1.807) is 0 Å². The molecule has 0 spiro atoms. The second-order valence-corrected chi connectivity index (χ2v) is 13.7. The molecule has 0 saturated carbocycles. The van der Waals surface area contributed by atoms with Crippen LogP contribution in [0.2, 0.25) is 0 Å². The number of H-pyrrole nitrogens is 1. The van der Waals surface area contributed by atoms with Crippen LogP contribution in [0.4, 0.5) is 0 Å². The summed E-state index contributed by atoms with van der Waals surface area (Å²) < 4.78 is 21.6. The van der Waals surface area contributed by atoms with Gasteiger partial charge in [0, 0.05) is 31.8 Å². The zero-order chi connectivity index (χ0) is 38.5. The van der Waals surface area contributed by atoms with E-state index < -0.39 is 99.3 Å². The number of rotatable bonds is 21. The Morgan fingerprint density at radius 2 is 1.67 bits per heavy atom. The number of imidazole rings is 1. The Hall–Kier alpha value is -4.43. The maximum atomic E-state index is 13.6. The van der Waals surface area contributed by atoms with Gasteiger partial charge in [-0.05, 0) is 32.1 Å². The Morgan fingerprint density at radius 1 is 1.04 bits per heavy atom. The smallest absolute Gasteiger partial charge is 0.472 e. The summed E-state index contributed by atoms with van der Waals surface area (Å²) in [5.41, 5.74) is 5.74. The van der Waals surface area contributed by atoms with Crippen molar-refractivity contribution in [3.8, 4) is 0 Å². The van der Waals surface area contributed by atoms with Crippen LogP contribution in [-0.4, -0.2) is 127 Å². The first-order valence-electron chi connectivity index (χ1n) is 16.1. The first-order valence-corrected chi connectivity index (χ1v) is 17.6. The normalized spacial score (nSPS) is 18.4. The predicted molar refractivity (Wildman–Crippen MR) is 175 cm³/mol. The monoisotopic (exact) mass is 746 g/mol. The summed E-state index contributed by atoms with van der Waals surface area (Å²) in [7, 11) is -4.92. The number of aliphatic hydroxyl groups excluding tert-OH is 1. The molecule has 0 aliphatic carbocycles. The third-order valence-corrected chi connectivity index (χ3v) is 8.78. The van der Waals surface area contributed by atoms with Crippen molar-refractivity contribution in [1.29, 1.82) is 0 Å². The van der Waals surface area contributed by atoms with Crippen LogP contribution in [0, 0.1) is 5.92 Å². The van der Waals surface area contributed by atoms with Crippen molar-refractivity contribution in [2.75, 3.05) is 19.8 Å². The van der Waals surface area contributed by atoms with Gasteiger partial charge in [0.15, 0.2) is 0 Å². The molecule has 1 saturated heterocycles. The van der Waals surface area contributed by atoms with Crippen LogP contribution < -0.4 is 27.0 Å². The van der Waals surface area contributed by atoms with Crippen molar-refractivity contribution in [3.05, 3.63) is 18.2 Å². The van der Waals surface area contributed by atoms with Gasteiger partial charge in [-0.1, -0.05) is 13.8 Å². The van der Waals surface area contributed by atoms with Crippen molar-refractivity contribution in [2.24, 2.45) is 11.7 Å². The zero-order valence-electron chi connectivity index (χ0n) is 28.7. The van der Waals surface area contributed by atoms with Gasteiger partial charge in [-0.2, -0.15) is 0 Å². The molecule has 0 bridgehead atoms. The van der Waals surface area contributed by atoms with Crippen LogP contribution in [0.15, 0.2) is 12.5 Å². The van der Waals surface area contributed by atoms with Gasteiger partial charge in [0.1, 0.15) is 30.2 Å². The van der Waals surface area contributed by atoms with Crippen LogP contribution in [-0.2, 0) is 53.6 Å². The van der Waals surface area contributed by atoms with Crippen molar-refractivity contribution < 1.29 is 62.3 Å². The van der Waals surface area contributed by atoms with Gasteiger partial charge in [-0.15, -0.1) is 0 Å². The quantitative estimate of drug-likeness (QED) is 0.0584. The molecule has 286 valence electrons. The number of aliphatic carboxylic acids is 1. The molecule has 51 heavy (non-hydrogen) atoms. The molecule has 1 aliphatic heterocycles. The van der Waals surface area contributed by atoms with Gasteiger partial charge < -0.3 is 52.0 Å². The van der Waals surface area contributed by atoms with Gasteiger partial charge in [0.25, 0.3) is 0 Å². The summed E-state index contributed by atoms with van der Waals surface area (Å²) in [6.45, 7) is 4.75. The number of aromatic nitrogens is 2. The summed E-state index contributed by atoms with van der Waals surface area (Å²) in [5.74, 6) is -6.34. The number of likely N-dealkylation sites (tertiary alicyclic amines) is 1. The standard InChI is InChI=1S/C29H47N8O13P/c1-15(2)10-19(34-29(46)22-6-5-8-37(22)17(4)39)26(43)33-20(11-18-12-31-14-32-18)27(44)35-21(13-38)28(45)36-24(25(30)42)16(3)50-51(47,48)49-9-7-23(40)41/h12,14-16,19-22,24,38H,5-11,13H2,1-4H3,(H2,30,42)(H,31,32)(H,33,43)(H,34,46)(H,35,44)(H,36,45)(H,40,41)(H,47,48)/t16-,19+,20+,21+,22?,24+/m1/s1. The number of nitrogens with two attached hydrogens (primary N) is 1. The molecule has 2 rings (SSSR count). The van der Waals surface area contributed by atoms with Crippen LogP contribution in [0.3, 0.4) is 0 Å². The lowest BCUT2D eigenvalue weighted by molar-refractivity contribution is -0.139. The first kappa shape index (κ1) is 42.7. The van der Waals surface area contributed by atoms with E-state index in [4.69, 9.17) is 15.4 Å². The van der Waals surface area contributed by atoms with E-state index in [-0.39, 0.29) is 24.7 Å². The highest BCUT2D eigenvalue weighted by Crippen LogP contribution is 2.45. The maximum Gasteiger partial charge on any atom is 0.472 e. The number of aromatic amines is 1. The first-order chi connectivity index (χ1) is 23.8. The lowest BCUT2D eigenvalue weighted by atomic mass is 10.0. The molecule has 2 unspecified atom stereocenters. The SMILES string of the molecule is CC(=O)N1CCCC1C(=O)N[C@@H](CC(C)C)C(=O)N[C@@H](Cc1cnc[nH]1)C(=O)N[C@@H](CO)C(=O)N[C@H](C(N)=O)[C@@H](C)OP(=O)(O)OCCC(=O)O. The zero-order valence-corrected chi connectivity index (χ0v) is 29.6. The highest BCUT2D eigenvalue weighted by Gasteiger charge is 2.37. The summed E-state index contributed by atoms with van der Waals surface area (Å²) in [6.07, 6.45) is 1.49. The molecule has 1 aliphatic rings. The van der Waals surface area contributed by atoms with Crippen molar-refractivity contribution >= 4 is 49.2 Å². The highest BCUT2D eigenvalue weighted by molar-refractivity contribution is 7.47. The summed E-state index contributed by atoms with van der Waals surface area (Å²) in [5, 5.41) is 28.3. The van der Waals surface area contributed by atoms with Crippen molar-refractivity contribution in [1.82, 2.24) is 36.1 Å². The minimum atomic E-state index is -4.92. The number of phosphoric acid groups is 1. The van der Waals surface area contributed by atoms with E-state index in [0.29, 0.717) is 25.1 Å². The topological polar surface area (TPSA) is 322 Å². The third kappa shape index (κ3) is 14.0. The molecular formula is C29H47N8O13P. The summed E-state index contributed by atoms with van der Waals surface area (Å²) in [6, 6.07) is -6.82. The van der Waals surface area contributed by atoms with Gasteiger partial charge in [0.05, 0.1) is 32.1 Å². The molecule has 0 radical (unpaired) electrons. The number of hydrogen-bond acceptors (Lipinski definition) is 12. The second-order valence-electron chi connectivity index (χ2n) is 12.3. The summed E-state index contributed by atoms with van der Waals surface area (Å²) >= 11 is 0. The molecular weight excluding hydrogens is 699 g/mol. The molecule has 1 aromatic heterocycles. The Morgan fingerprint density at radius 3 is 2.22 bits per heavy atom. The lowest BCUT2D eigenvalue weighted by Crippen LogP contribution is -2.61. The fraction of sp³-hybridized carbons (Fsp3) is 0.655. The number of carbonyl (C=O) groups is 7. The van der Waals surface area contributed by atoms with Gasteiger partial charge in [0.2, 0.25) is 35.4 Å². The van der Waals surface area contributed by atoms with Crippen molar-refractivity contribution in [2.45, 2.75) is 96.1 Å². The number of primary amides is 1. The minimum Gasteiger partial charge on any atom is -0.481 e. The minimum absolute atomic E-state index is 0.0866. The predicted octanol–water partition coefficient (Wildman–Crippen LogP) is -2.58. The molecule has 1 fully saturated rings. The van der Waals surface area contributed by atoms with Crippen molar-refractivity contribution in [3.63, 3.8) is 0 Å². The Bertz CT molecular complexity index is 1440. The van der Waals surface area contributed by atoms with E-state index in [9.17, 15) is 48.1 Å². The van der Waals surface area contributed by atoms with Crippen LogP contribution in [0.1, 0.15) is 59.1 Å². The molecule has 21 nitrogen and oxygen atoms in total. The molecule has 1 aromatic rings. The van der Waals surface area contributed by atoms with Crippen LogP contribution in [0.5, 0.6) is 0 Å². The molecule has 7 atom stereocenters. The largest absolute Gasteiger partial charge is 0.481 e. The summed E-state index contributed by atoms with van der Waals surface area (Å²) in [4.78, 5) is 106. The fourth-order valence-electron chi connectivity index (χ4n) is 5.17. The molecule has 10 N–H and O–H groups in total. The highest BCUT2D eigenvalue weighted by atomic mass is 31.2. The average Bonchev–Trinajstić information content (AvgIpc) is 3.73. The lowest BCUT2D eigenvalue weighted by Gasteiger charge is -2.28. The molecule has 0 aromatic carbocycles. The second kappa shape index (κ2) is 19.8. The van der Waals surface area contributed by atoms with Gasteiger partial charge in [-0.3, -0.25) is 42.6 Å². The average molecular weight is 747 g/mol. The number of carboxylic acid groups (broad SMARTS) is 1. The Labute approximate surface area is 293 Å². The van der Waals surface area contributed by atoms with Crippen LogP contribution in [0.25, 0.3) is 0 Å². The maximum absolute atomic E-state index is 13.6. The number of aliphatic hydroxyl groups is 1. The van der Waals surface area contributed by atoms with E-state index in [0.717, 1.165) is 6.92 Å². The van der Waals surface area contributed by atoms with E-state index >= 15 is 0 Å². The Kier molecular flexibility index (Phi) is 16.6. The number of nitrogens with zero attached hydrogens (tertiary/aromatic N) is 2. The number of phosphoric ester groups is 1. The number of carbonyl (C=O) groups excluding carboxylic acids is 6. The molecule has 22 heteroatoms. The van der Waals surface area contributed by atoms with Gasteiger partial charge >= 0.3 is 13.8 Å². The van der Waals surface area contributed by atoms with E-state index in [1.165, 1.54) is 24.3 Å². The molecule has 6 amide bonds. The number of amides is 6.